The van der Waals surface area contributed by atoms with Crippen molar-refractivity contribution in [2.24, 2.45) is 7.05 Å². The lowest BCUT2D eigenvalue weighted by Crippen LogP contribution is -2.26. The first-order chi connectivity index (χ1) is 14.6. The van der Waals surface area contributed by atoms with Crippen molar-refractivity contribution in [1.82, 2.24) is 19.7 Å². The zero-order valence-corrected chi connectivity index (χ0v) is 17.7. The van der Waals surface area contributed by atoms with E-state index in [1.54, 1.807) is 36.1 Å². The predicted octanol–water partition coefficient (Wildman–Crippen LogP) is 5.63. The highest BCUT2D eigenvalue weighted by atomic mass is 32.5. The fourth-order valence-corrected chi connectivity index (χ4v) is 4.16. The van der Waals surface area contributed by atoms with Gasteiger partial charge in [-0.05, 0) is 35.9 Å². The van der Waals surface area contributed by atoms with Crippen molar-refractivity contribution in [3.63, 3.8) is 0 Å². The summed E-state index contributed by atoms with van der Waals surface area (Å²) in [6.45, 7) is -0.0709. The lowest BCUT2D eigenvalue weighted by atomic mass is 10.1. The molecule has 2 heterocycles. The number of nitrogens with zero attached hydrogens (tertiary/aromatic N) is 4. The molecule has 2 N–H and O–H groups in total. The van der Waals surface area contributed by atoms with Gasteiger partial charge >= 0.3 is 10.2 Å². The van der Waals surface area contributed by atoms with E-state index in [2.05, 4.69) is 10.1 Å². The van der Waals surface area contributed by atoms with Crippen molar-refractivity contribution < 1.29 is 24.2 Å². The van der Waals surface area contributed by atoms with E-state index in [0.717, 1.165) is 12.1 Å². The second-order valence-electron chi connectivity index (χ2n) is 7.53. The van der Waals surface area contributed by atoms with Gasteiger partial charge in [0.05, 0.1) is 22.6 Å². The van der Waals surface area contributed by atoms with Crippen LogP contribution in [0.3, 0.4) is 0 Å². The number of benzene rings is 2. The van der Waals surface area contributed by atoms with Crippen LogP contribution in [-0.2, 0) is 13.6 Å². The van der Waals surface area contributed by atoms with Gasteiger partial charge < -0.3 is 10.6 Å². The number of pyridine rings is 1. The van der Waals surface area contributed by atoms with E-state index in [0.29, 0.717) is 45.3 Å². The lowest BCUT2D eigenvalue weighted by molar-refractivity contribution is 0.0785. The molecule has 12 heteroatoms. The number of hydrogen-bond acceptors (Lipinski definition) is 4. The van der Waals surface area contributed by atoms with Gasteiger partial charge in [-0.2, -0.15) is 5.10 Å². The van der Waals surface area contributed by atoms with Crippen LogP contribution in [0.5, 0.6) is 0 Å². The minimum absolute atomic E-state index is 0.0709. The zero-order valence-electron chi connectivity index (χ0n) is 16.9. The van der Waals surface area contributed by atoms with E-state index in [4.69, 9.17) is 5.73 Å². The van der Waals surface area contributed by atoms with E-state index >= 15 is 0 Å². The Labute approximate surface area is 179 Å². The molecule has 0 saturated carbocycles. The molecule has 0 aliphatic heterocycles. The summed E-state index contributed by atoms with van der Waals surface area (Å²) in [5.41, 5.74) is 7.84. The molecule has 0 aliphatic carbocycles. The SMILES string of the molecule is CN(Cc1ccc(S(F)(F)(F)(F)F)cc1)C(=O)c1ccc2nc(N)c3cnn(C)c3c2c1. The number of carbonyl (C=O) groups excluding carboxylic acids is 1. The largest absolute Gasteiger partial charge is 0.383 e. The van der Waals surface area contributed by atoms with E-state index in [-0.39, 0.29) is 12.1 Å². The molecule has 0 aliphatic rings. The number of fused-ring (bicyclic) bond motifs is 3. The van der Waals surface area contributed by atoms with E-state index in [1.165, 1.54) is 11.9 Å². The van der Waals surface area contributed by atoms with Crippen molar-refractivity contribution in [3.05, 3.63) is 59.8 Å². The Kier molecular flexibility index (Phi) is 4.30. The molecule has 0 radical (unpaired) electrons. The number of halogens is 5. The highest BCUT2D eigenvalue weighted by Gasteiger charge is 2.65. The van der Waals surface area contributed by atoms with Gasteiger partial charge in [-0.3, -0.25) is 9.48 Å². The summed E-state index contributed by atoms with van der Waals surface area (Å²) in [5.74, 6) is -0.0948. The lowest BCUT2D eigenvalue weighted by Gasteiger charge is -2.40. The number of nitrogens with two attached hydrogens (primary N) is 1. The van der Waals surface area contributed by atoms with Crippen LogP contribution in [0.15, 0.2) is 53.6 Å². The Balaban J connectivity index is 1.62. The maximum atomic E-state index is 12.9. The summed E-state index contributed by atoms with van der Waals surface area (Å²) in [5, 5.41) is 5.48. The number of nitrogen functional groups attached to an aromatic ring is 1. The molecule has 32 heavy (non-hydrogen) atoms. The predicted molar refractivity (Wildman–Crippen MR) is 114 cm³/mol. The number of amides is 1. The first kappa shape index (κ1) is 21.8. The fraction of sp³-hybridized carbons (Fsp3) is 0.150. The van der Waals surface area contributed by atoms with Crippen LogP contribution >= 0.6 is 10.2 Å². The number of rotatable bonds is 4. The number of aromatic nitrogens is 3. The molecule has 0 bridgehead atoms. The molecule has 6 nitrogen and oxygen atoms in total. The second kappa shape index (κ2) is 6.31. The normalized spacial score (nSPS) is 14.3. The molecule has 0 saturated heterocycles. The van der Waals surface area contributed by atoms with Gasteiger partial charge in [-0.15, -0.1) is 0 Å². The van der Waals surface area contributed by atoms with Crippen molar-refractivity contribution in [1.29, 1.82) is 0 Å². The molecule has 2 aromatic carbocycles. The molecular formula is C20H18F5N5OS. The van der Waals surface area contributed by atoms with Gasteiger partial charge in [0.25, 0.3) is 5.91 Å². The maximum absolute atomic E-state index is 12.9. The Morgan fingerprint density at radius 2 is 1.72 bits per heavy atom. The summed E-state index contributed by atoms with van der Waals surface area (Å²) in [6, 6.07) is 7.38. The van der Waals surface area contributed by atoms with Crippen LogP contribution in [0.2, 0.25) is 0 Å². The maximum Gasteiger partial charge on any atom is 0.310 e. The summed E-state index contributed by atoms with van der Waals surface area (Å²) >= 11 is 0. The molecule has 4 rings (SSSR count). The summed E-state index contributed by atoms with van der Waals surface area (Å²) in [6.07, 6.45) is 1.58. The minimum Gasteiger partial charge on any atom is -0.383 e. The van der Waals surface area contributed by atoms with Gasteiger partial charge in [0.2, 0.25) is 0 Å². The third-order valence-corrected chi connectivity index (χ3v) is 6.25. The molecule has 0 unspecified atom stereocenters. The van der Waals surface area contributed by atoms with Gasteiger partial charge in [0.1, 0.15) is 10.7 Å². The smallest absolute Gasteiger partial charge is 0.310 e. The van der Waals surface area contributed by atoms with Crippen LogP contribution in [0.4, 0.5) is 25.2 Å². The average Bonchev–Trinajstić information content (AvgIpc) is 3.08. The molecule has 0 atom stereocenters. The highest BCUT2D eigenvalue weighted by molar-refractivity contribution is 8.45. The molecule has 0 spiro atoms. The first-order valence-corrected chi connectivity index (χ1v) is 11.2. The molecule has 1 amide bonds. The molecular weight excluding hydrogens is 453 g/mol. The topological polar surface area (TPSA) is 77.0 Å². The van der Waals surface area contributed by atoms with Crippen LogP contribution in [-0.4, -0.2) is 32.6 Å². The van der Waals surface area contributed by atoms with Gasteiger partial charge in [0.15, 0.2) is 0 Å². The Morgan fingerprint density at radius 3 is 2.34 bits per heavy atom. The van der Waals surface area contributed by atoms with Crippen LogP contribution < -0.4 is 5.73 Å². The third-order valence-electron chi connectivity index (χ3n) is 5.09. The standard InChI is InChI=1S/C20H18F5N5OS/c1-29(11-12-3-6-14(7-4-12)32(21,22,23,24)25)20(31)13-5-8-17-15(9-13)18-16(19(26)28-17)10-27-30(18)2/h3-10H,11H2,1-2H3,(H2,26,28). The van der Waals surface area contributed by atoms with E-state index in [9.17, 15) is 24.2 Å². The summed E-state index contributed by atoms with van der Waals surface area (Å²) in [7, 11) is -6.54. The molecule has 0 fully saturated rings. The van der Waals surface area contributed by atoms with Crippen LogP contribution in [0.1, 0.15) is 15.9 Å². The number of carbonyl (C=O) groups is 1. The Bertz CT molecular complexity index is 1380. The van der Waals surface area contributed by atoms with E-state index < -0.39 is 21.0 Å². The number of anilines is 1. The highest BCUT2D eigenvalue weighted by Crippen LogP contribution is 3.02. The monoisotopic (exact) mass is 471 g/mol. The Hall–Kier alpha value is -3.41. The van der Waals surface area contributed by atoms with Crippen molar-refractivity contribution >= 4 is 43.8 Å². The summed E-state index contributed by atoms with van der Waals surface area (Å²) < 4.78 is 66.0. The van der Waals surface area contributed by atoms with Gasteiger partial charge in [-0.25, -0.2) is 4.98 Å². The van der Waals surface area contributed by atoms with Crippen LogP contribution in [0.25, 0.3) is 21.8 Å². The quantitative estimate of drug-likeness (QED) is 0.391. The van der Waals surface area contributed by atoms with Crippen molar-refractivity contribution in [2.45, 2.75) is 11.4 Å². The molecule has 170 valence electrons. The number of aryl methyl sites for hydroxylation is 1. The van der Waals surface area contributed by atoms with Gasteiger partial charge in [0, 0.05) is 31.6 Å². The number of hydrogen-bond donors (Lipinski definition) is 1. The van der Waals surface area contributed by atoms with Gasteiger partial charge in [-0.1, -0.05) is 31.6 Å². The molecule has 2 aromatic heterocycles. The second-order valence-corrected chi connectivity index (χ2v) is 9.94. The minimum atomic E-state index is -9.73. The van der Waals surface area contributed by atoms with Crippen molar-refractivity contribution in [3.8, 4) is 0 Å². The Morgan fingerprint density at radius 1 is 1.06 bits per heavy atom. The van der Waals surface area contributed by atoms with Crippen molar-refractivity contribution in [2.75, 3.05) is 12.8 Å². The fourth-order valence-electron chi connectivity index (χ4n) is 3.51. The molecule has 4 aromatic rings. The summed E-state index contributed by atoms with van der Waals surface area (Å²) in [4.78, 5) is 16.5. The zero-order chi connectivity index (χ0) is 23.5. The first-order valence-electron chi connectivity index (χ1n) is 9.23. The average molecular weight is 471 g/mol. The van der Waals surface area contributed by atoms with Crippen LogP contribution in [0, 0.1) is 0 Å². The van der Waals surface area contributed by atoms with E-state index in [1.807, 2.05) is 0 Å². The third kappa shape index (κ3) is 3.93.